The summed E-state index contributed by atoms with van der Waals surface area (Å²) in [5, 5.41) is 1.16. The predicted molar refractivity (Wildman–Crippen MR) is 96.2 cm³/mol. The smallest absolute Gasteiger partial charge is 0.123 e. The molecule has 3 aromatic rings. The van der Waals surface area contributed by atoms with Crippen molar-refractivity contribution in [2.75, 3.05) is 0 Å². The summed E-state index contributed by atoms with van der Waals surface area (Å²) in [6.45, 7) is 0. The first kappa shape index (κ1) is 15.2. The summed E-state index contributed by atoms with van der Waals surface area (Å²) >= 11 is 1.76. The number of hydrogen-bond acceptors (Lipinski definition) is 5. The summed E-state index contributed by atoms with van der Waals surface area (Å²) in [6, 6.07) is 14.9. The molecular weight excluding hydrogens is 341 g/mol. The number of rotatable bonds is 6. The van der Waals surface area contributed by atoms with Crippen LogP contribution in [0.5, 0.6) is 0 Å². The molecule has 108 valence electrons. The molecule has 6 heteroatoms. The molecule has 2 aromatic carbocycles. The number of fused-ring (bicyclic) bond motifs is 1. The molecule has 3 rings (SSSR count). The lowest BCUT2D eigenvalue weighted by Gasteiger charge is -2.00. The van der Waals surface area contributed by atoms with Crippen molar-refractivity contribution in [1.29, 1.82) is 0 Å². The zero-order valence-corrected chi connectivity index (χ0v) is 14.3. The predicted octanol–water partition coefficient (Wildman–Crippen LogP) is 6.17. The first-order valence-electron chi connectivity index (χ1n) is 6.31. The van der Waals surface area contributed by atoms with E-state index in [-0.39, 0.29) is 5.82 Å². The van der Waals surface area contributed by atoms with Gasteiger partial charge in [-0.3, -0.25) is 0 Å². The summed E-state index contributed by atoms with van der Waals surface area (Å²) in [7, 11) is 5.33. The van der Waals surface area contributed by atoms with Crippen LogP contribution in [0.1, 0.15) is 10.6 Å². The van der Waals surface area contributed by atoms with E-state index in [1.807, 2.05) is 24.3 Å². The highest BCUT2D eigenvalue weighted by atomic mass is 33.5. The van der Waals surface area contributed by atoms with Gasteiger partial charge in [0.15, 0.2) is 0 Å². The Morgan fingerprint density at radius 1 is 0.952 bits per heavy atom. The van der Waals surface area contributed by atoms with Gasteiger partial charge in [-0.25, -0.2) is 9.37 Å². The van der Waals surface area contributed by atoms with Gasteiger partial charge in [-0.05, 0) is 39.7 Å². The third-order valence-electron chi connectivity index (χ3n) is 2.76. The molecule has 0 atom stereocenters. The van der Waals surface area contributed by atoms with E-state index in [0.29, 0.717) is 0 Å². The molecule has 0 aliphatic carbocycles. The minimum atomic E-state index is -0.179. The maximum Gasteiger partial charge on any atom is 0.123 e. The molecule has 0 aliphatic heterocycles. The first-order valence-corrected chi connectivity index (χ1v) is 10.9. The third kappa shape index (κ3) is 4.39. The van der Waals surface area contributed by atoms with Crippen molar-refractivity contribution in [2.45, 2.75) is 11.5 Å². The van der Waals surface area contributed by atoms with Crippen LogP contribution in [0.3, 0.4) is 0 Å². The van der Waals surface area contributed by atoms with Gasteiger partial charge in [0.05, 0.1) is 16.0 Å². The molecule has 1 nitrogen and oxygen atoms in total. The molecule has 0 radical (unpaired) electrons. The lowest BCUT2D eigenvalue weighted by atomic mass is 10.2. The Morgan fingerprint density at radius 3 is 2.52 bits per heavy atom. The van der Waals surface area contributed by atoms with Gasteiger partial charge in [-0.15, -0.1) is 11.3 Å². The van der Waals surface area contributed by atoms with Crippen LogP contribution < -0.4 is 0 Å². The third-order valence-corrected chi connectivity index (χ3v) is 8.03. The molecule has 0 fully saturated rings. The minimum Gasteiger partial charge on any atom is -0.240 e. The summed E-state index contributed by atoms with van der Waals surface area (Å²) in [4.78, 5) is 4.61. The van der Waals surface area contributed by atoms with Crippen molar-refractivity contribution in [3.63, 3.8) is 0 Å². The average molecular weight is 354 g/mol. The second-order valence-electron chi connectivity index (χ2n) is 4.29. The molecule has 0 aliphatic rings. The second kappa shape index (κ2) is 7.54. The van der Waals surface area contributed by atoms with Gasteiger partial charge in [0, 0.05) is 5.75 Å². The number of thiazole rings is 1. The maximum absolute atomic E-state index is 12.8. The summed E-state index contributed by atoms with van der Waals surface area (Å²) in [5.74, 6) is 1.62. The van der Waals surface area contributed by atoms with Crippen LogP contribution in [0.4, 0.5) is 4.39 Å². The molecule has 0 amide bonds. The largest absolute Gasteiger partial charge is 0.240 e. The number of aromatic nitrogens is 1. The van der Waals surface area contributed by atoms with Crippen molar-refractivity contribution in [3.8, 4) is 0 Å². The Balaban J connectivity index is 1.42. The van der Waals surface area contributed by atoms with Gasteiger partial charge in [0.1, 0.15) is 10.8 Å². The maximum atomic E-state index is 12.8. The van der Waals surface area contributed by atoms with Crippen LogP contribution in [0.25, 0.3) is 10.2 Å². The monoisotopic (exact) mass is 353 g/mol. The lowest BCUT2D eigenvalue weighted by molar-refractivity contribution is 0.627. The molecule has 0 spiro atoms. The SMILES string of the molecule is Fc1ccc(CSSSCc2nc3ccccc3s2)cc1. The molecule has 0 bridgehead atoms. The molecule has 1 aromatic heterocycles. The van der Waals surface area contributed by atoms with Crippen molar-refractivity contribution >= 4 is 53.0 Å². The van der Waals surface area contributed by atoms with E-state index < -0.39 is 0 Å². The Kier molecular flexibility index (Phi) is 5.46. The quantitative estimate of drug-likeness (QED) is 0.388. The molecule has 0 saturated carbocycles. The van der Waals surface area contributed by atoms with Crippen LogP contribution in [0.15, 0.2) is 48.5 Å². The average Bonchev–Trinajstić information content (AvgIpc) is 2.91. The molecular formula is C15H12FNS4. The second-order valence-corrected chi connectivity index (χ2v) is 9.64. The normalized spacial score (nSPS) is 11.1. The van der Waals surface area contributed by atoms with Crippen LogP contribution in [-0.4, -0.2) is 4.98 Å². The topological polar surface area (TPSA) is 12.9 Å². The molecule has 0 N–H and O–H groups in total. The number of halogens is 1. The zero-order valence-electron chi connectivity index (χ0n) is 11.0. The van der Waals surface area contributed by atoms with Gasteiger partial charge >= 0.3 is 0 Å². The summed E-state index contributed by atoms with van der Waals surface area (Å²) in [6.07, 6.45) is 0. The van der Waals surface area contributed by atoms with Crippen LogP contribution in [0, 0.1) is 5.82 Å². The van der Waals surface area contributed by atoms with E-state index in [4.69, 9.17) is 0 Å². The van der Waals surface area contributed by atoms with Crippen molar-refractivity contribution < 1.29 is 4.39 Å². The highest BCUT2D eigenvalue weighted by Gasteiger charge is 2.03. The van der Waals surface area contributed by atoms with Crippen molar-refractivity contribution in [1.82, 2.24) is 4.98 Å². The summed E-state index contributed by atoms with van der Waals surface area (Å²) in [5.41, 5.74) is 2.23. The Hall–Kier alpha value is -0.690. The van der Waals surface area contributed by atoms with Crippen LogP contribution >= 0.6 is 42.8 Å². The van der Waals surface area contributed by atoms with Crippen LogP contribution in [-0.2, 0) is 11.5 Å². The van der Waals surface area contributed by atoms with E-state index in [2.05, 4.69) is 17.1 Å². The standard InChI is InChI=1S/C15H12FNS4/c16-12-7-5-11(6-8-12)9-18-21-19-10-15-17-13-3-1-2-4-14(13)20-15/h1-8H,9-10H2. The number of benzene rings is 2. The minimum absolute atomic E-state index is 0.179. The van der Waals surface area contributed by atoms with Gasteiger partial charge in [-0.2, -0.15) is 0 Å². The first-order chi connectivity index (χ1) is 10.3. The molecule has 1 heterocycles. The highest BCUT2D eigenvalue weighted by molar-refractivity contribution is 9.09. The molecule has 0 saturated heterocycles. The van der Waals surface area contributed by atoms with Crippen LogP contribution in [0.2, 0.25) is 0 Å². The fourth-order valence-electron chi connectivity index (χ4n) is 1.76. The molecule has 0 unspecified atom stereocenters. The van der Waals surface area contributed by atoms with E-state index in [0.717, 1.165) is 27.6 Å². The van der Waals surface area contributed by atoms with E-state index in [1.54, 1.807) is 42.8 Å². The fourth-order valence-corrected chi connectivity index (χ4v) is 6.53. The van der Waals surface area contributed by atoms with Crippen molar-refractivity contribution in [3.05, 3.63) is 64.9 Å². The number of hydrogen-bond donors (Lipinski definition) is 0. The number of nitrogens with zero attached hydrogens (tertiary/aromatic N) is 1. The zero-order chi connectivity index (χ0) is 14.5. The highest BCUT2D eigenvalue weighted by Crippen LogP contribution is 2.39. The van der Waals surface area contributed by atoms with E-state index in [1.165, 1.54) is 16.8 Å². The Morgan fingerprint density at radius 2 is 1.71 bits per heavy atom. The van der Waals surface area contributed by atoms with Crippen molar-refractivity contribution in [2.24, 2.45) is 0 Å². The molecule has 21 heavy (non-hydrogen) atoms. The fraction of sp³-hybridized carbons (Fsp3) is 0.133. The number of para-hydroxylation sites is 1. The van der Waals surface area contributed by atoms with Gasteiger partial charge in [-0.1, -0.05) is 45.9 Å². The van der Waals surface area contributed by atoms with Gasteiger partial charge in [0.2, 0.25) is 0 Å². The summed E-state index contributed by atoms with van der Waals surface area (Å²) < 4.78 is 14.0. The van der Waals surface area contributed by atoms with Gasteiger partial charge < -0.3 is 0 Å². The Labute approximate surface area is 138 Å². The van der Waals surface area contributed by atoms with Gasteiger partial charge in [0.25, 0.3) is 0 Å². The van der Waals surface area contributed by atoms with E-state index in [9.17, 15) is 4.39 Å². The lowest BCUT2D eigenvalue weighted by Crippen LogP contribution is -1.79. The van der Waals surface area contributed by atoms with E-state index >= 15 is 0 Å². The Bertz CT molecular complexity index is 678.